The Morgan fingerprint density at radius 2 is 2.00 bits per heavy atom. The van der Waals surface area contributed by atoms with Gasteiger partial charge in [-0.05, 0) is 36.6 Å². The average Bonchev–Trinajstić information content (AvgIpc) is 2.92. The standard InChI is InChI=1S/C19H23NO4S/c1-5-16-9-14-7-13(11-25(4,22)23)8-17(18(14)24-16)15-6-12(2)19(21)20(3)10-15/h6-8,10,16H,5,9,11H2,1-4H3. The van der Waals surface area contributed by atoms with E-state index in [0.717, 1.165) is 40.8 Å². The summed E-state index contributed by atoms with van der Waals surface area (Å²) in [4.78, 5) is 12.0. The molecule has 0 N–H and O–H groups in total. The highest BCUT2D eigenvalue weighted by Gasteiger charge is 2.26. The molecule has 0 fully saturated rings. The van der Waals surface area contributed by atoms with E-state index >= 15 is 0 Å². The van der Waals surface area contributed by atoms with Gasteiger partial charge in [-0.2, -0.15) is 0 Å². The fraction of sp³-hybridized carbons (Fsp3) is 0.421. The van der Waals surface area contributed by atoms with Crippen molar-refractivity contribution >= 4 is 9.84 Å². The Labute approximate surface area is 148 Å². The summed E-state index contributed by atoms with van der Waals surface area (Å²) in [6.45, 7) is 3.85. The van der Waals surface area contributed by atoms with Crippen LogP contribution in [0.1, 0.15) is 30.0 Å². The molecule has 1 aliphatic rings. The number of rotatable bonds is 4. The second-order valence-electron chi connectivity index (χ2n) is 6.88. The number of fused-ring (bicyclic) bond motifs is 1. The van der Waals surface area contributed by atoms with Crippen LogP contribution >= 0.6 is 0 Å². The SMILES string of the molecule is CCC1Cc2cc(CS(C)(=O)=O)cc(-c3cc(C)c(=O)n(C)c3)c2O1. The summed E-state index contributed by atoms with van der Waals surface area (Å²) in [5.41, 5.74) is 4.11. The van der Waals surface area contributed by atoms with Crippen molar-refractivity contribution in [1.82, 2.24) is 4.57 Å². The van der Waals surface area contributed by atoms with Crippen molar-refractivity contribution in [2.24, 2.45) is 7.05 Å². The number of aryl methyl sites for hydroxylation is 2. The highest BCUT2D eigenvalue weighted by molar-refractivity contribution is 7.89. The Morgan fingerprint density at radius 3 is 2.60 bits per heavy atom. The summed E-state index contributed by atoms with van der Waals surface area (Å²) in [5, 5.41) is 0. The van der Waals surface area contributed by atoms with Crippen LogP contribution in [0.2, 0.25) is 0 Å². The van der Waals surface area contributed by atoms with Gasteiger partial charge >= 0.3 is 0 Å². The highest BCUT2D eigenvalue weighted by atomic mass is 32.2. The Balaban J connectivity index is 2.20. The van der Waals surface area contributed by atoms with Crippen LogP contribution in [-0.4, -0.2) is 25.3 Å². The molecule has 1 aromatic carbocycles. The number of sulfone groups is 1. The van der Waals surface area contributed by atoms with Gasteiger partial charge in [0, 0.05) is 42.6 Å². The van der Waals surface area contributed by atoms with Gasteiger partial charge in [-0.1, -0.05) is 13.0 Å². The van der Waals surface area contributed by atoms with E-state index in [4.69, 9.17) is 4.74 Å². The summed E-state index contributed by atoms with van der Waals surface area (Å²) in [6, 6.07) is 5.65. The minimum atomic E-state index is -3.13. The zero-order valence-electron chi connectivity index (χ0n) is 15.0. The third-order valence-electron chi connectivity index (χ3n) is 4.52. The Kier molecular flexibility index (Phi) is 4.49. The molecule has 1 aliphatic heterocycles. The van der Waals surface area contributed by atoms with Gasteiger partial charge in [0.1, 0.15) is 11.9 Å². The molecule has 0 spiro atoms. The van der Waals surface area contributed by atoms with Crippen molar-refractivity contribution in [2.45, 2.75) is 38.5 Å². The maximum atomic E-state index is 12.0. The van der Waals surface area contributed by atoms with E-state index in [2.05, 4.69) is 6.92 Å². The molecule has 6 heteroatoms. The van der Waals surface area contributed by atoms with Crippen molar-refractivity contribution in [3.8, 4) is 16.9 Å². The Hall–Kier alpha value is -2.08. The molecular weight excluding hydrogens is 338 g/mol. The highest BCUT2D eigenvalue weighted by Crippen LogP contribution is 2.40. The second-order valence-corrected chi connectivity index (χ2v) is 9.02. The summed E-state index contributed by atoms with van der Waals surface area (Å²) in [6.07, 6.45) is 4.79. The molecule has 0 radical (unpaired) electrons. The van der Waals surface area contributed by atoms with Crippen LogP contribution in [-0.2, 0) is 29.1 Å². The minimum absolute atomic E-state index is 0.00514. The van der Waals surface area contributed by atoms with Crippen molar-refractivity contribution in [2.75, 3.05) is 6.26 Å². The number of aromatic nitrogens is 1. The van der Waals surface area contributed by atoms with Crippen LogP contribution in [0.25, 0.3) is 11.1 Å². The largest absolute Gasteiger partial charge is 0.489 e. The maximum absolute atomic E-state index is 12.0. The Morgan fingerprint density at radius 1 is 1.28 bits per heavy atom. The van der Waals surface area contributed by atoms with Crippen molar-refractivity contribution in [1.29, 1.82) is 0 Å². The molecule has 2 heterocycles. The van der Waals surface area contributed by atoms with Crippen LogP contribution in [0.5, 0.6) is 5.75 Å². The average molecular weight is 361 g/mol. The maximum Gasteiger partial charge on any atom is 0.253 e. The van der Waals surface area contributed by atoms with E-state index in [9.17, 15) is 13.2 Å². The van der Waals surface area contributed by atoms with Crippen LogP contribution < -0.4 is 10.3 Å². The first-order chi connectivity index (χ1) is 11.7. The van der Waals surface area contributed by atoms with E-state index < -0.39 is 9.84 Å². The van der Waals surface area contributed by atoms with Crippen LogP contribution in [0, 0.1) is 6.92 Å². The number of benzene rings is 1. The predicted octanol–water partition coefficient (Wildman–Crippen LogP) is 2.62. The molecule has 25 heavy (non-hydrogen) atoms. The number of ether oxygens (including phenoxy) is 1. The van der Waals surface area contributed by atoms with Crippen LogP contribution in [0.15, 0.2) is 29.2 Å². The van der Waals surface area contributed by atoms with E-state index in [0.29, 0.717) is 5.56 Å². The molecule has 3 rings (SSSR count). The number of nitrogens with zero attached hydrogens (tertiary/aromatic N) is 1. The monoisotopic (exact) mass is 361 g/mol. The van der Waals surface area contributed by atoms with E-state index in [-0.39, 0.29) is 17.4 Å². The molecule has 0 aliphatic carbocycles. The van der Waals surface area contributed by atoms with Gasteiger partial charge in [-0.25, -0.2) is 8.42 Å². The third kappa shape index (κ3) is 3.63. The first-order valence-corrected chi connectivity index (χ1v) is 10.4. The molecule has 2 aromatic rings. The van der Waals surface area contributed by atoms with E-state index in [1.807, 2.05) is 18.2 Å². The first kappa shape index (κ1) is 17.7. The van der Waals surface area contributed by atoms with E-state index in [1.165, 1.54) is 6.26 Å². The predicted molar refractivity (Wildman–Crippen MR) is 98.8 cm³/mol. The lowest BCUT2D eigenvalue weighted by atomic mass is 9.98. The van der Waals surface area contributed by atoms with Gasteiger partial charge in [0.15, 0.2) is 9.84 Å². The molecule has 5 nitrogen and oxygen atoms in total. The van der Waals surface area contributed by atoms with Crippen LogP contribution in [0.4, 0.5) is 0 Å². The summed E-state index contributed by atoms with van der Waals surface area (Å²) in [7, 11) is -1.41. The number of hydrogen-bond acceptors (Lipinski definition) is 4. The van der Waals surface area contributed by atoms with Crippen molar-refractivity contribution in [3.05, 3.63) is 51.4 Å². The lowest BCUT2D eigenvalue weighted by molar-refractivity contribution is 0.229. The van der Waals surface area contributed by atoms with Gasteiger partial charge < -0.3 is 9.30 Å². The summed E-state index contributed by atoms with van der Waals surface area (Å²) in [5.74, 6) is 0.802. The molecule has 1 aromatic heterocycles. The fourth-order valence-corrected chi connectivity index (χ4v) is 4.12. The molecule has 1 unspecified atom stereocenters. The minimum Gasteiger partial charge on any atom is -0.489 e. The topological polar surface area (TPSA) is 65.4 Å². The first-order valence-electron chi connectivity index (χ1n) is 8.35. The van der Waals surface area contributed by atoms with Gasteiger partial charge in [-0.15, -0.1) is 0 Å². The molecule has 134 valence electrons. The summed E-state index contributed by atoms with van der Waals surface area (Å²) < 4.78 is 31.1. The van der Waals surface area contributed by atoms with E-state index in [1.54, 1.807) is 24.7 Å². The Bertz CT molecular complexity index is 963. The zero-order chi connectivity index (χ0) is 18.4. The zero-order valence-corrected chi connectivity index (χ0v) is 15.8. The number of pyridine rings is 1. The molecule has 0 bridgehead atoms. The van der Waals surface area contributed by atoms with Crippen molar-refractivity contribution < 1.29 is 13.2 Å². The normalized spacial score (nSPS) is 16.6. The van der Waals surface area contributed by atoms with Crippen LogP contribution in [0.3, 0.4) is 0 Å². The number of hydrogen-bond donors (Lipinski definition) is 0. The lowest BCUT2D eigenvalue weighted by Gasteiger charge is -2.14. The van der Waals surface area contributed by atoms with Gasteiger partial charge in [-0.3, -0.25) is 4.79 Å². The third-order valence-corrected chi connectivity index (χ3v) is 5.37. The van der Waals surface area contributed by atoms with Crippen molar-refractivity contribution in [3.63, 3.8) is 0 Å². The molecule has 0 saturated carbocycles. The van der Waals surface area contributed by atoms with Gasteiger partial charge in [0.05, 0.1) is 5.75 Å². The summed E-state index contributed by atoms with van der Waals surface area (Å²) >= 11 is 0. The molecule has 1 atom stereocenters. The quantitative estimate of drug-likeness (QED) is 0.840. The molecular formula is C19H23NO4S. The van der Waals surface area contributed by atoms with Gasteiger partial charge in [0.2, 0.25) is 0 Å². The molecule has 0 saturated heterocycles. The second kappa shape index (κ2) is 6.33. The van der Waals surface area contributed by atoms with Gasteiger partial charge in [0.25, 0.3) is 5.56 Å². The fourth-order valence-electron chi connectivity index (χ4n) is 3.35. The molecule has 0 amide bonds. The lowest BCUT2D eigenvalue weighted by Crippen LogP contribution is -2.18. The smallest absolute Gasteiger partial charge is 0.253 e.